The molecule has 0 aromatic carbocycles. The van der Waals surface area contributed by atoms with E-state index < -0.39 is 14.4 Å². The zero-order valence-corrected chi connectivity index (χ0v) is 7.92. The van der Waals surface area contributed by atoms with Gasteiger partial charge in [-0.15, -0.1) is 0 Å². The fourth-order valence-corrected chi connectivity index (χ4v) is 1.19. The van der Waals surface area contributed by atoms with Crippen LogP contribution in [0.3, 0.4) is 0 Å². The first-order valence-electron chi connectivity index (χ1n) is 3.35. The quantitative estimate of drug-likeness (QED) is 0.408. The highest BCUT2D eigenvalue weighted by molar-refractivity contribution is 7.36. The van der Waals surface area contributed by atoms with Gasteiger partial charge in [0.1, 0.15) is 6.23 Å². The molecule has 6 heteroatoms. The Kier molecular flexibility index (Phi) is 5.72. The van der Waals surface area contributed by atoms with Crippen LogP contribution in [0.2, 0.25) is 0 Å². The number of aliphatic hydroxyl groups excluding tert-OH is 1. The highest BCUT2D eigenvalue weighted by Crippen LogP contribution is 2.13. The Labute approximate surface area is 67.1 Å². The van der Waals surface area contributed by atoms with Crippen LogP contribution < -0.4 is 10.4 Å². The smallest absolute Gasteiger partial charge is 0.259 e. The highest BCUT2D eigenvalue weighted by atomic mass is 31.1. The second kappa shape index (κ2) is 5.69. The summed E-state index contributed by atoms with van der Waals surface area (Å²) in [5, 5.41) is 14.1. The Morgan fingerprint density at radius 3 is 2.45 bits per heavy atom. The van der Waals surface area contributed by atoms with E-state index in [4.69, 9.17) is 5.11 Å². The van der Waals surface area contributed by atoms with Gasteiger partial charge in [0.2, 0.25) is 0 Å². The van der Waals surface area contributed by atoms with Crippen molar-refractivity contribution in [1.82, 2.24) is 10.4 Å². The van der Waals surface area contributed by atoms with Gasteiger partial charge in [0.25, 0.3) is 8.18 Å². The van der Waals surface area contributed by atoms with Crippen molar-refractivity contribution < 1.29 is 14.2 Å². The molecule has 3 unspecified atom stereocenters. The molecule has 3 N–H and O–H groups in total. The van der Waals surface area contributed by atoms with E-state index in [1.165, 1.54) is 7.11 Å². The molecule has 0 aliphatic carbocycles. The van der Waals surface area contributed by atoms with Gasteiger partial charge >= 0.3 is 0 Å². The van der Waals surface area contributed by atoms with Crippen molar-refractivity contribution in [3.63, 3.8) is 0 Å². The molecule has 0 aliphatic rings. The zero-order chi connectivity index (χ0) is 8.85. The van der Waals surface area contributed by atoms with Gasteiger partial charge in [0.05, 0.1) is 6.17 Å². The lowest BCUT2D eigenvalue weighted by atomic mass is 10.5. The first-order valence-corrected chi connectivity index (χ1v) is 4.66. The van der Waals surface area contributed by atoms with E-state index in [9.17, 15) is 4.57 Å². The lowest BCUT2D eigenvalue weighted by Gasteiger charge is -2.16. The Morgan fingerprint density at radius 2 is 2.09 bits per heavy atom. The van der Waals surface area contributed by atoms with Crippen molar-refractivity contribution in [2.45, 2.75) is 26.2 Å². The summed E-state index contributed by atoms with van der Waals surface area (Å²) in [6.45, 7) is 3.33. The molecule has 0 radical (unpaired) electrons. The number of aliphatic hydroxyl groups is 1. The van der Waals surface area contributed by atoms with E-state index in [0.717, 1.165) is 0 Å². The summed E-state index contributed by atoms with van der Waals surface area (Å²) in [6.07, 6.45) is -0.842. The van der Waals surface area contributed by atoms with Gasteiger partial charge in [-0.2, -0.15) is 0 Å². The van der Waals surface area contributed by atoms with Gasteiger partial charge < -0.3 is 9.63 Å². The largest absolute Gasteiger partial charge is 0.379 e. The van der Waals surface area contributed by atoms with Crippen molar-refractivity contribution >= 4 is 8.18 Å². The van der Waals surface area contributed by atoms with Crippen LogP contribution in [-0.2, 0) is 9.09 Å². The van der Waals surface area contributed by atoms with Crippen LogP contribution in [0.25, 0.3) is 0 Å². The van der Waals surface area contributed by atoms with Gasteiger partial charge in [0, 0.05) is 7.11 Å². The number of nitrogens with one attached hydrogen (secondary N) is 2. The van der Waals surface area contributed by atoms with Crippen LogP contribution in [0.15, 0.2) is 0 Å². The average Bonchev–Trinajstić information content (AvgIpc) is 1.85. The number of hydrogen-bond acceptors (Lipinski definition) is 4. The molecule has 0 fully saturated rings. The third-order valence-electron chi connectivity index (χ3n) is 1.01. The summed E-state index contributed by atoms with van der Waals surface area (Å²) in [5.41, 5.74) is 0. The van der Waals surface area contributed by atoms with Gasteiger partial charge in [-0.25, -0.2) is 5.09 Å². The molecule has 3 atom stereocenters. The minimum absolute atomic E-state index is 0.221. The topological polar surface area (TPSA) is 70.6 Å². The second-order valence-corrected chi connectivity index (χ2v) is 3.47. The molecule has 0 heterocycles. The third kappa shape index (κ3) is 6.47. The van der Waals surface area contributed by atoms with Crippen LogP contribution in [-0.4, -0.2) is 24.6 Å². The standard InChI is InChI=1S/C5H15N2O3P/c1-4(6-5(2)8)7-11(9)10-3/h4-6,8,11H,1-3H3,(H,7,9). The first kappa shape index (κ1) is 11.1. The minimum atomic E-state index is -2.15. The van der Waals surface area contributed by atoms with E-state index in [1.807, 2.05) is 0 Å². The summed E-state index contributed by atoms with van der Waals surface area (Å²) in [6, 6.07) is 0. The molecule has 0 saturated carbocycles. The van der Waals surface area contributed by atoms with Crippen molar-refractivity contribution in [3.05, 3.63) is 0 Å². The van der Waals surface area contributed by atoms with Crippen LogP contribution >= 0.6 is 8.18 Å². The predicted octanol–water partition coefficient (Wildman–Crippen LogP) is -0.114. The lowest BCUT2D eigenvalue weighted by Crippen LogP contribution is -2.41. The zero-order valence-electron chi connectivity index (χ0n) is 6.92. The highest BCUT2D eigenvalue weighted by Gasteiger charge is 2.05. The average molecular weight is 182 g/mol. The molecule has 0 aromatic heterocycles. The molecule has 0 spiro atoms. The monoisotopic (exact) mass is 182 g/mol. The number of hydrogen-bond donors (Lipinski definition) is 3. The Balaban J connectivity index is 3.51. The normalized spacial score (nSPS) is 19.3. The Morgan fingerprint density at radius 1 is 1.55 bits per heavy atom. The summed E-state index contributed by atoms with van der Waals surface area (Å²) in [5.74, 6) is 0. The first-order chi connectivity index (χ1) is 5.06. The van der Waals surface area contributed by atoms with Crippen LogP contribution in [0.1, 0.15) is 13.8 Å². The van der Waals surface area contributed by atoms with E-state index in [2.05, 4.69) is 14.9 Å². The van der Waals surface area contributed by atoms with E-state index >= 15 is 0 Å². The van der Waals surface area contributed by atoms with E-state index in [-0.39, 0.29) is 6.17 Å². The van der Waals surface area contributed by atoms with Crippen LogP contribution in [0.4, 0.5) is 0 Å². The van der Waals surface area contributed by atoms with Crippen molar-refractivity contribution in [2.75, 3.05) is 7.11 Å². The molecule has 0 aliphatic heterocycles. The third-order valence-corrected chi connectivity index (χ3v) is 2.05. The van der Waals surface area contributed by atoms with Crippen molar-refractivity contribution in [2.24, 2.45) is 0 Å². The van der Waals surface area contributed by atoms with E-state index in [1.54, 1.807) is 13.8 Å². The molecular weight excluding hydrogens is 167 g/mol. The molecule has 0 bridgehead atoms. The molecule has 0 rings (SSSR count). The van der Waals surface area contributed by atoms with E-state index in [0.29, 0.717) is 0 Å². The van der Waals surface area contributed by atoms with Crippen LogP contribution in [0.5, 0.6) is 0 Å². The number of rotatable bonds is 5. The molecule has 0 amide bonds. The predicted molar refractivity (Wildman–Crippen MR) is 43.4 cm³/mol. The van der Waals surface area contributed by atoms with Crippen LogP contribution in [0, 0.1) is 0 Å². The molecule has 0 saturated heterocycles. The van der Waals surface area contributed by atoms with Gasteiger partial charge in [-0.05, 0) is 13.8 Å². The Bertz CT molecular complexity index is 131. The SMILES string of the molecule is CO[PH](=O)NC(C)NC(C)O. The van der Waals surface area contributed by atoms with Crippen molar-refractivity contribution in [1.29, 1.82) is 0 Å². The summed E-state index contributed by atoms with van der Waals surface area (Å²) < 4.78 is 15.2. The molecule has 11 heavy (non-hydrogen) atoms. The van der Waals surface area contributed by atoms with Gasteiger partial charge in [-0.3, -0.25) is 9.88 Å². The molecule has 0 aromatic rings. The summed E-state index contributed by atoms with van der Waals surface area (Å²) >= 11 is 0. The maximum Gasteiger partial charge on any atom is 0.259 e. The molecule has 5 nitrogen and oxygen atoms in total. The molecular formula is C5H15N2O3P. The fraction of sp³-hybridized carbons (Fsp3) is 1.00. The van der Waals surface area contributed by atoms with Gasteiger partial charge in [0.15, 0.2) is 0 Å². The maximum atomic E-state index is 10.7. The maximum absolute atomic E-state index is 10.7. The summed E-state index contributed by atoms with van der Waals surface area (Å²) in [7, 11) is -0.782. The Hall–Kier alpha value is 0.0700. The minimum Gasteiger partial charge on any atom is -0.379 e. The fourth-order valence-electron chi connectivity index (χ4n) is 0.639. The van der Waals surface area contributed by atoms with Gasteiger partial charge in [-0.1, -0.05) is 0 Å². The summed E-state index contributed by atoms with van der Waals surface area (Å²) in [4.78, 5) is 0. The molecule has 68 valence electrons. The second-order valence-electron chi connectivity index (χ2n) is 2.20. The lowest BCUT2D eigenvalue weighted by molar-refractivity contribution is 0.140. The van der Waals surface area contributed by atoms with Crippen molar-refractivity contribution in [3.8, 4) is 0 Å².